The van der Waals surface area contributed by atoms with E-state index < -0.39 is 42.0 Å². The Labute approximate surface area is 220 Å². The Morgan fingerprint density at radius 1 is 0.784 bits per heavy atom. The lowest BCUT2D eigenvalue weighted by atomic mass is 9.99. The molecule has 37 heavy (non-hydrogen) atoms. The Morgan fingerprint density at radius 3 is 1.81 bits per heavy atom. The van der Waals surface area contributed by atoms with Crippen molar-refractivity contribution < 1.29 is 29.0 Å². The maximum Gasteiger partial charge on any atom is 0.408 e. The third-order valence-corrected chi connectivity index (χ3v) is 5.39. The molecule has 1 rings (SSSR count). The van der Waals surface area contributed by atoms with E-state index in [4.69, 9.17) is 9.84 Å². The maximum absolute atomic E-state index is 13.2. The van der Waals surface area contributed by atoms with Crippen molar-refractivity contribution in [2.45, 2.75) is 85.5 Å². The molecular formula is C28H43N3O6. The molecule has 0 aliphatic carbocycles. The van der Waals surface area contributed by atoms with E-state index in [9.17, 15) is 19.2 Å². The molecule has 0 bridgehead atoms. The number of carboxylic acids is 1. The molecular weight excluding hydrogens is 474 g/mol. The van der Waals surface area contributed by atoms with Gasteiger partial charge in [0.2, 0.25) is 11.8 Å². The fraction of sp³-hybridized carbons (Fsp3) is 0.571. The van der Waals surface area contributed by atoms with Crippen LogP contribution < -0.4 is 16.0 Å². The van der Waals surface area contributed by atoms with Crippen molar-refractivity contribution >= 4 is 23.9 Å². The maximum atomic E-state index is 13.2. The highest BCUT2D eigenvalue weighted by molar-refractivity contribution is 5.91. The van der Waals surface area contributed by atoms with Crippen molar-refractivity contribution in [1.29, 1.82) is 0 Å². The predicted octanol–water partition coefficient (Wildman–Crippen LogP) is 4.03. The van der Waals surface area contributed by atoms with Crippen molar-refractivity contribution in [2.75, 3.05) is 0 Å². The monoisotopic (exact) mass is 517 g/mol. The molecule has 3 atom stereocenters. The van der Waals surface area contributed by atoms with Crippen molar-refractivity contribution in [3.05, 3.63) is 48.0 Å². The highest BCUT2D eigenvalue weighted by atomic mass is 16.5. The number of carbonyl (C=O) groups excluding carboxylic acids is 3. The van der Waals surface area contributed by atoms with E-state index in [0.29, 0.717) is 19.3 Å². The zero-order valence-electron chi connectivity index (χ0n) is 22.8. The number of alkyl carbamates (subject to hydrolysis) is 1. The summed E-state index contributed by atoms with van der Waals surface area (Å²) >= 11 is 0. The fourth-order valence-electron chi connectivity index (χ4n) is 3.76. The van der Waals surface area contributed by atoms with Gasteiger partial charge in [0.05, 0.1) is 0 Å². The summed E-state index contributed by atoms with van der Waals surface area (Å²) in [5.74, 6) is -1.58. The van der Waals surface area contributed by atoms with Crippen LogP contribution in [0, 0.1) is 17.8 Å². The van der Waals surface area contributed by atoms with Crippen LogP contribution in [-0.2, 0) is 25.7 Å². The Morgan fingerprint density at radius 2 is 1.30 bits per heavy atom. The van der Waals surface area contributed by atoms with Crippen LogP contribution in [0.15, 0.2) is 42.5 Å². The largest absolute Gasteiger partial charge is 0.478 e. The molecule has 0 spiro atoms. The zero-order valence-corrected chi connectivity index (χ0v) is 22.8. The first kappa shape index (κ1) is 31.7. The first-order chi connectivity index (χ1) is 17.4. The number of rotatable bonds is 15. The second-order valence-electron chi connectivity index (χ2n) is 10.5. The van der Waals surface area contributed by atoms with E-state index in [2.05, 4.69) is 16.0 Å². The lowest BCUT2D eigenvalue weighted by molar-refractivity contribution is -0.131. The number of hydrogen-bond donors (Lipinski definition) is 4. The minimum absolute atomic E-state index is 0.0716. The number of amides is 3. The average Bonchev–Trinajstić information content (AvgIpc) is 2.80. The van der Waals surface area contributed by atoms with Crippen LogP contribution in [-0.4, -0.2) is 47.1 Å². The second kappa shape index (κ2) is 16.4. The summed E-state index contributed by atoms with van der Waals surface area (Å²) in [5, 5.41) is 17.3. The van der Waals surface area contributed by atoms with E-state index in [-0.39, 0.29) is 24.4 Å². The van der Waals surface area contributed by atoms with Gasteiger partial charge in [-0.1, -0.05) is 78.0 Å². The van der Waals surface area contributed by atoms with Crippen LogP contribution in [0.25, 0.3) is 0 Å². The lowest BCUT2D eigenvalue weighted by Crippen LogP contribution is -2.55. The standard InChI is InChI=1S/C28H43N3O6/c1-18(2)14-22(12-13-25(32)33)29-26(34)23(15-19(3)4)30-27(35)24(16-20(5)6)31-28(36)37-17-21-10-8-7-9-11-21/h7-13,18-20,22-24H,14-17H2,1-6H3,(H,29,34)(H,30,35)(H,31,36)(H,32,33)/t22-,23+,24+/m1/s1. The Kier molecular flexibility index (Phi) is 14.0. The summed E-state index contributed by atoms with van der Waals surface area (Å²) in [6.07, 6.45) is 3.02. The number of hydrogen-bond acceptors (Lipinski definition) is 5. The Balaban J connectivity index is 2.93. The first-order valence-corrected chi connectivity index (χ1v) is 12.9. The quantitative estimate of drug-likeness (QED) is 0.260. The van der Waals surface area contributed by atoms with E-state index >= 15 is 0 Å². The smallest absolute Gasteiger partial charge is 0.408 e. The molecule has 9 nitrogen and oxygen atoms in total. The third-order valence-electron chi connectivity index (χ3n) is 5.39. The molecule has 0 heterocycles. The predicted molar refractivity (Wildman–Crippen MR) is 143 cm³/mol. The lowest BCUT2D eigenvalue weighted by Gasteiger charge is -2.26. The van der Waals surface area contributed by atoms with Crippen molar-refractivity contribution in [2.24, 2.45) is 17.8 Å². The molecule has 1 aromatic rings. The van der Waals surface area contributed by atoms with Crippen LogP contribution in [0.5, 0.6) is 0 Å². The van der Waals surface area contributed by atoms with Gasteiger partial charge in [0.15, 0.2) is 0 Å². The summed E-state index contributed by atoms with van der Waals surface area (Å²) < 4.78 is 5.28. The van der Waals surface area contributed by atoms with Crippen LogP contribution in [0.3, 0.4) is 0 Å². The summed E-state index contributed by atoms with van der Waals surface area (Å²) in [7, 11) is 0. The van der Waals surface area contributed by atoms with Gasteiger partial charge in [-0.2, -0.15) is 0 Å². The number of ether oxygens (including phenoxy) is 1. The van der Waals surface area contributed by atoms with Crippen LogP contribution in [0.4, 0.5) is 4.79 Å². The fourth-order valence-corrected chi connectivity index (χ4v) is 3.76. The van der Waals surface area contributed by atoms with Gasteiger partial charge in [-0.15, -0.1) is 0 Å². The third kappa shape index (κ3) is 14.1. The first-order valence-electron chi connectivity index (χ1n) is 12.9. The summed E-state index contributed by atoms with van der Waals surface area (Å²) in [6, 6.07) is 6.99. The molecule has 4 N–H and O–H groups in total. The molecule has 0 fully saturated rings. The Hall–Kier alpha value is -3.36. The SMILES string of the molecule is CC(C)C[C@@H](C=CC(=O)O)NC(=O)[C@H](CC(C)C)NC(=O)[C@H](CC(C)C)NC(=O)OCc1ccccc1. The molecule has 0 aromatic heterocycles. The van der Waals surface area contributed by atoms with E-state index in [1.807, 2.05) is 71.9 Å². The van der Waals surface area contributed by atoms with Crippen LogP contribution in [0.1, 0.15) is 66.4 Å². The molecule has 0 aliphatic rings. The van der Waals surface area contributed by atoms with Gasteiger partial charge in [0.25, 0.3) is 0 Å². The van der Waals surface area contributed by atoms with E-state index in [1.54, 1.807) is 0 Å². The van der Waals surface area contributed by atoms with Gasteiger partial charge in [-0.25, -0.2) is 9.59 Å². The van der Waals surface area contributed by atoms with E-state index in [0.717, 1.165) is 11.6 Å². The highest BCUT2D eigenvalue weighted by Crippen LogP contribution is 2.12. The molecule has 0 saturated carbocycles. The second-order valence-corrected chi connectivity index (χ2v) is 10.5. The van der Waals surface area contributed by atoms with Gasteiger partial charge in [0.1, 0.15) is 18.7 Å². The molecule has 0 unspecified atom stereocenters. The minimum atomic E-state index is -1.10. The number of carbonyl (C=O) groups is 4. The molecule has 206 valence electrons. The summed E-state index contributed by atoms with van der Waals surface area (Å²) in [6.45, 7) is 11.8. The van der Waals surface area contributed by atoms with Gasteiger partial charge < -0.3 is 25.8 Å². The zero-order chi connectivity index (χ0) is 28.0. The number of aliphatic carboxylic acids is 1. The van der Waals surface area contributed by atoms with Gasteiger partial charge >= 0.3 is 12.1 Å². The van der Waals surface area contributed by atoms with Gasteiger partial charge in [-0.3, -0.25) is 9.59 Å². The van der Waals surface area contributed by atoms with Crippen LogP contribution >= 0.6 is 0 Å². The molecule has 3 amide bonds. The van der Waals surface area contributed by atoms with Crippen LogP contribution in [0.2, 0.25) is 0 Å². The molecule has 0 saturated heterocycles. The topological polar surface area (TPSA) is 134 Å². The minimum Gasteiger partial charge on any atom is -0.478 e. The van der Waals surface area contributed by atoms with Gasteiger partial charge in [0, 0.05) is 12.1 Å². The average molecular weight is 518 g/mol. The van der Waals surface area contributed by atoms with Gasteiger partial charge in [-0.05, 0) is 42.6 Å². The van der Waals surface area contributed by atoms with Crippen molar-refractivity contribution in [1.82, 2.24) is 16.0 Å². The summed E-state index contributed by atoms with van der Waals surface area (Å²) in [5.41, 5.74) is 0.823. The number of nitrogens with one attached hydrogen (secondary N) is 3. The van der Waals surface area contributed by atoms with Crippen molar-refractivity contribution in [3.8, 4) is 0 Å². The summed E-state index contributed by atoms with van der Waals surface area (Å²) in [4.78, 5) is 49.8. The molecule has 1 aromatic carbocycles. The Bertz CT molecular complexity index is 898. The number of carboxylic acid groups (broad SMARTS) is 1. The highest BCUT2D eigenvalue weighted by Gasteiger charge is 2.29. The molecule has 0 aliphatic heterocycles. The normalized spacial score (nSPS) is 13.9. The molecule has 9 heteroatoms. The van der Waals surface area contributed by atoms with Crippen molar-refractivity contribution in [3.63, 3.8) is 0 Å². The van der Waals surface area contributed by atoms with E-state index in [1.165, 1.54) is 6.08 Å². The number of benzene rings is 1. The molecule has 0 radical (unpaired) electrons.